The van der Waals surface area contributed by atoms with Gasteiger partial charge in [0.05, 0.1) is 16.2 Å². The Morgan fingerprint density at radius 2 is 1.57 bits per heavy atom. The SMILES string of the molecule is CC1CCN(C2=C(c3ccc([N+](=O)[O-])cc3)C(=O)N(c3ccc(F)cc3)C2=O)CC1. The number of anilines is 1. The van der Waals surface area contributed by atoms with Crippen LogP contribution in [0.3, 0.4) is 0 Å². The molecular weight excluding hydrogens is 389 g/mol. The van der Waals surface area contributed by atoms with Crippen molar-refractivity contribution in [3.63, 3.8) is 0 Å². The van der Waals surface area contributed by atoms with Crippen LogP contribution in [-0.2, 0) is 9.59 Å². The molecule has 1 fully saturated rings. The predicted octanol–water partition coefficient (Wildman–Crippen LogP) is 3.75. The minimum absolute atomic E-state index is 0.0974. The second-order valence-electron chi connectivity index (χ2n) is 7.62. The molecule has 2 aromatic rings. The van der Waals surface area contributed by atoms with Crippen LogP contribution < -0.4 is 4.90 Å². The van der Waals surface area contributed by atoms with Gasteiger partial charge in [0.2, 0.25) is 0 Å². The third-order valence-corrected chi connectivity index (χ3v) is 5.61. The van der Waals surface area contributed by atoms with Crippen LogP contribution in [0.5, 0.6) is 0 Å². The molecule has 2 aliphatic rings. The second-order valence-corrected chi connectivity index (χ2v) is 7.62. The molecule has 0 aliphatic carbocycles. The minimum Gasteiger partial charge on any atom is -0.366 e. The van der Waals surface area contributed by atoms with Crippen LogP contribution in [0.4, 0.5) is 15.8 Å². The summed E-state index contributed by atoms with van der Waals surface area (Å²) in [5.74, 6) is -0.916. The number of hydrogen-bond acceptors (Lipinski definition) is 5. The molecule has 0 N–H and O–H groups in total. The first-order valence-electron chi connectivity index (χ1n) is 9.75. The zero-order valence-corrected chi connectivity index (χ0v) is 16.4. The summed E-state index contributed by atoms with van der Waals surface area (Å²) < 4.78 is 13.4. The molecule has 2 amide bonds. The highest BCUT2D eigenvalue weighted by molar-refractivity contribution is 6.45. The summed E-state index contributed by atoms with van der Waals surface area (Å²) in [6, 6.07) is 10.8. The highest BCUT2D eigenvalue weighted by Crippen LogP contribution is 2.36. The Bertz CT molecular complexity index is 1040. The number of non-ortho nitro benzene ring substituents is 1. The highest BCUT2D eigenvalue weighted by Gasteiger charge is 2.43. The molecule has 0 aromatic heterocycles. The van der Waals surface area contributed by atoms with Gasteiger partial charge >= 0.3 is 0 Å². The molecule has 2 aliphatic heterocycles. The molecule has 1 saturated heterocycles. The number of imide groups is 1. The van der Waals surface area contributed by atoms with E-state index < -0.39 is 22.6 Å². The summed E-state index contributed by atoms with van der Waals surface area (Å²) in [7, 11) is 0. The summed E-state index contributed by atoms with van der Waals surface area (Å²) in [5, 5.41) is 11.0. The zero-order valence-electron chi connectivity index (χ0n) is 16.4. The van der Waals surface area contributed by atoms with Crippen LogP contribution >= 0.6 is 0 Å². The van der Waals surface area contributed by atoms with E-state index in [9.17, 15) is 24.1 Å². The largest absolute Gasteiger partial charge is 0.366 e. The van der Waals surface area contributed by atoms with E-state index in [1.807, 2.05) is 4.90 Å². The number of rotatable bonds is 4. The van der Waals surface area contributed by atoms with E-state index in [0.29, 0.717) is 30.3 Å². The average Bonchev–Trinajstić information content (AvgIpc) is 3.00. The Kier molecular flexibility index (Phi) is 5.07. The van der Waals surface area contributed by atoms with E-state index in [-0.39, 0.29) is 16.9 Å². The van der Waals surface area contributed by atoms with Crippen molar-refractivity contribution in [2.24, 2.45) is 5.92 Å². The van der Waals surface area contributed by atoms with Gasteiger partial charge in [-0.15, -0.1) is 0 Å². The summed E-state index contributed by atoms with van der Waals surface area (Å²) >= 11 is 0. The van der Waals surface area contributed by atoms with Crippen molar-refractivity contribution in [1.82, 2.24) is 4.90 Å². The Labute approximate surface area is 172 Å². The van der Waals surface area contributed by atoms with Crippen LogP contribution in [-0.4, -0.2) is 34.7 Å². The molecule has 2 heterocycles. The van der Waals surface area contributed by atoms with E-state index >= 15 is 0 Å². The number of piperidine rings is 1. The van der Waals surface area contributed by atoms with Crippen LogP contribution in [0, 0.1) is 21.8 Å². The lowest BCUT2D eigenvalue weighted by molar-refractivity contribution is -0.384. The number of carbonyl (C=O) groups is 2. The molecule has 2 aromatic carbocycles. The quantitative estimate of drug-likeness (QED) is 0.436. The van der Waals surface area contributed by atoms with Gasteiger partial charge in [0.25, 0.3) is 17.5 Å². The number of nitro groups is 1. The molecule has 0 bridgehead atoms. The van der Waals surface area contributed by atoms with Crippen molar-refractivity contribution < 1.29 is 18.9 Å². The molecule has 0 spiro atoms. The maximum absolute atomic E-state index is 13.4. The summed E-state index contributed by atoms with van der Waals surface area (Å²) in [5.41, 5.74) is 1.14. The predicted molar refractivity (Wildman–Crippen MR) is 109 cm³/mol. The van der Waals surface area contributed by atoms with Crippen molar-refractivity contribution in [3.8, 4) is 0 Å². The molecule has 4 rings (SSSR count). The Hall–Kier alpha value is -3.55. The van der Waals surface area contributed by atoms with Gasteiger partial charge in [0.15, 0.2) is 0 Å². The van der Waals surface area contributed by atoms with Gasteiger partial charge in [0, 0.05) is 25.2 Å². The van der Waals surface area contributed by atoms with Gasteiger partial charge in [-0.05, 0) is 60.7 Å². The van der Waals surface area contributed by atoms with Crippen LogP contribution in [0.15, 0.2) is 54.2 Å². The third kappa shape index (κ3) is 3.45. The summed E-state index contributed by atoms with van der Waals surface area (Å²) in [6.45, 7) is 3.43. The van der Waals surface area contributed by atoms with Gasteiger partial charge in [-0.2, -0.15) is 0 Å². The van der Waals surface area contributed by atoms with Crippen molar-refractivity contribution in [2.45, 2.75) is 19.8 Å². The summed E-state index contributed by atoms with van der Waals surface area (Å²) in [4.78, 5) is 40.1. The minimum atomic E-state index is -0.519. The van der Waals surface area contributed by atoms with Gasteiger partial charge in [-0.25, -0.2) is 9.29 Å². The monoisotopic (exact) mass is 409 g/mol. The lowest BCUT2D eigenvalue weighted by Gasteiger charge is -2.32. The molecule has 0 unspecified atom stereocenters. The summed E-state index contributed by atoms with van der Waals surface area (Å²) in [6.07, 6.45) is 1.80. The normalized spacial score (nSPS) is 17.8. The lowest BCUT2D eigenvalue weighted by atomic mass is 9.97. The fourth-order valence-corrected chi connectivity index (χ4v) is 3.88. The maximum Gasteiger partial charge on any atom is 0.282 e. The van der Waals surface area contributed by atoms with Crippen LogP contribution in [0.1, 0.15) is 25.3 Å². The number of likely N-dealkylation sites (tertiary alicyclic amines) is 1. The van der Waals surface area contributed by atoms with Gasteiger partial charge in [-0.3, -0.25) is 19.7 Å². The lowest BCUT2D eigenvalue weighted by Crippen LogP contribution is -2.38. The Morgan fingerprint density at radius 1 is 0.967 bits per heavy atom. The molecular formula is C22H20FN3O4. The van der Waals surface area contributed by atoms with Crippen LogP contribution in [0.25, 0.3) is 5.57 Å². The standard InChI is InChI=1S/C22H20FN3O4/c1-14-10-12-24(13-11-14)20-19(15-2-6-18(7-3-15)26(29)30)21(27)25(22(20)28)17-8-4-16(23)5-9-17/h2-9,14H,10-13H2,1H3. The highest BCUT2D eigenvalue weighted by atomic mass is 19.1. The fourth-order valence-electron chi connectivity index (χ4n) is 3.88. The molecule has 0 radical (unpaired) electrons. The maximum atomic E-state index is 13.4. The van der Waals surface area contributed by atoms with E-state index in [1.54, 1.807) is 0 Å². The Morgan fingerprint density at radius 3 is 2.13 bits per heavy atom. The number of halogens is 1. The topological polar surface area (TPSA) is 83.8 Å². The first-order valence-corrected chi connectivity index (χ1v) is 9.75. The Balaban J connectivity index is 1.79. The van der Waals surface area contributed by atoms with Gasteiger partial charge in [0.1, 0.15) is 11.5 Å². The van der Waals surface area contributed by atoms with E-state index in [0.717, 1.165) is 17.7 Å². The molecule has 30 heavy (non-hydrogen) atoms. The smallest absolute Gasteiger partial charge is 0.282 e. The number of carbonyl (C=O) groups excluding carboxylic acids is 2. The van der Waals surface area contributed by atoms with Gasteiger partial charge < -0.3 is 4.90 Å². The first-order chi connectivity index (χ1) is 14.4. The zero-order chi connectivity index (χ0) is 21.4. The third-order valence-electron chi connectivity index (χ3n) is 5.61. The first kappa shape index (κ1) is 19.8. The number of amides is 2. The number of hydrogen-bond donors (Lipinski definition) is 0. The van der Waals surface area contributed by atoms with E-state index in [1.165, 1.54) is 48.5 Å². The van der Waals surface area contributed by atoms with Crippen LogP contribution in [0.2, 0.25) is 0 Å². The molecule has 8 heteroatoms. The van der Waals surface area contributed by atoms with Crippen molar-refractivity contribution in [2.75, 3.05) is 18.0 Å². The van der Waals surface area contributed by atoms with E-state index in [4.69, 9.17) is 0 Å². The van der Waals surface area contributed by atoms with E-state index in [2.05, 4.69) is 6.92 Å². The number of benzene rings is 2. The van der Waals surface area contributed by atoms with Crippen molar-refractivity contribution in [1.29, 1.82) is 0 Å². The average molecular weight is 409 g/mol. The number of nitro benzene ring substituents is 1. The second kappa shape index (κ2) is 7.70. The van der Waals surface area contributed by atoms with Gasteiger partial charge in [-0.1, -0.05) is 6.92 Å². The molecule has 7 nitrogen and oxygen atoms in total. The van der Waals surface area contributed by atoms with Crippen molar-refractivity contribution in [3.05, 3.63) is 75.7 Å². The number of nitrogens with zero attached hydrogens (tertiary/aromatic N) is 3. The fraction of sp³-hybridized carbons (Fsp3) is 0.273. The molecule has 0 saturated carbocycles. The molecule has 0 atom stereocenters. The molecule has 154 valence electrons. The van der Waals surface area contributed by atoms with Crippen molar-refractivity contribution >= 4 is 28.8 Å².